The first-order valence-corrected chi connectivity index (χ1v) is 6.47. The maximum atomic E-state index is 5.77. The number of nitrogens with one attached hydrogen (secondary N) is 1. The quantitative estimate of drug-likeness (QED) is 0.890. The molecule has 2 nitrogen and oxygen atoms in total. The molecule has 0 amide bonds. The van der Waals surface area contributed by atoms with Crippen LogP contribution in [0.15, 0.2) is 22.7 Å². The maximum absolute atomic E-state index is 5.77. The Kier molecular flexibility index (Phi) is 5.29. The Labute approximate surface area is 107 Å². The Morgan fingerprint density at radius 1 is 1.25 bits per heavy atom. The van der Waals surface area contributed by atoms with Gasteiger partial charge in [-0.3, -0.25) is 0 Å². The van der Waals surface area contributed by atoms with Crippen LogP contribution >= 0.6 is 15.9 Å². The van der Waals surface area contributed by atoms with Crippen molar-refractivity contribution in [3.05, 3.63) is 28.2 Å². The first-order valence-electron chi connectivity index (χ1n) is 5.67. The molecule has 1 rings (SSSR count). The third kappa shape index (κ3) is 4.54. The normalized spacial score (nSPS) is 11.2. The van der Waals surface area contributed by atoms with Crippen LogP contribution in [-0.4, -0.2) is 12.1 Å². The van der Waals surface area contributed by atoms with Gasteiger partial charge in [0, 0.05) is 22.6 Å². The van der Waals surface area contributed by atoms with Crippen molar-refractivity contribution >= 4 is 15.9 Å². The SMILES string of the molecule is CC(C)NCc1cc(Br)ccc1OC(C)C. The summed E-state index contributed by atoms with van der Waals surface area (Å²) in [6, 6.07) is 6.61. The third-order valence-corrected chi connectivity index (χ3v) is 2.58. The van der Waals surface area contributed by atoms with E-state index in [0.29, 0.717) is 6.04 Å². The van der Waals surface area contributed by atoms with Gasteiger partial charge in [-0.15, -0.1) is 0 Å². The summed E-state index contributed by atoms with van der Waals surface area (Å²) in [5.41, 5.74) is 1.19. The zero-order chi connectivity index (χ0) is 12.1. The summed E-state index contributed by atoms with van der Waals surface area (Å²) < 4.78 is 6.86. The number of hydrogen-bond donors (Lipinski definition) is 1. The fourth-order valence-electron chi connectivity index (χ4n) is 1.37. The van der Waals surface area contributed by atoms with Gasteiger partial charge in [-0.25, -0.2) is 0 Å². The summed E-state index contributed by atoms with van der Waals surface area (Å²) in [5, 5.41) is 3.40. The van der Waals surface area contributed by atoms with Crippen LogP contribution in [0.3, 0.4) is 0 Å². The lowest BCUT2D eigenvalue weighted by Gasteiger charge is -2.16. The minimum absolute atomic E-state index is 0.207. The van der Waals surface area contributed by atoms with Gasteiger partial charge >= 0.3 is 0 Å². The molecule has 16 heavy (non-hydrogen) atoms. The first-order chi connectivity index (χ1) is 7.49. The zero-order valence-electron chi connectivity index (χ0n) is 10.4. The van der Waals surface area contributed by atoms with Crippen molar-refractivity contribution in [1.29, 1.82) is 0 Å². The van der Waals surface area contributed by atoms with Crippen LogP contribution in [0, 0.1) is 0 Å². The molecule has 0 saturated heterocycles. The second-order valence-corrected chi connectivity index (χ2v) is 5.37. The molecule has 90 valence electrons. The highest BCUT2D eigenvalue weighted by molar-refractivity contribution is 9.10. The summed E-state index contributed by atoms with van der Waals surface area (Å²) in [7, 11) is 0. The van der Waals surface area contributed by atoms with Gasteiger partial charge in [0.2, 0.25) is 0 Å². The largest absolute Gasteiger partial charge is 0.491 e. The summed E-state index contributed by atoms with van der Waals surface area (Å²) in [5.74, 6) is 0.964. The second kappa shape index (κ2) is 6.26. The predicted molar refractivity (Wildman–Crippen MR) is 71.9 cm³/mol. The highest BCUT2D eigenvalue weighted by atomic mass is 79.9. The van der Waals surface area contributed by atoms with Gasteiger partial charge in [0.25, 0.3) is 0 Å². The minimum atomic E-state index is 0.207. The molecule has 0 saturated carbocycles. The van der Waals surface area contributed by atoms with Crippen molar-refractivity contribution in [2.75, 3.05) is 0 Å². The fraction of sp³-hybridized carbons (Fsp3) is 0.538. The van der Waals surface area contributed by atoms with Crippen molar-refractivity contribution in [2.24, 2.45) is 0 Å². The molecule has 0 aliphatic rings. The Balaban J connectivity index is 2.81. The molecule has 0 aromatic heterocycles. The number of ether oxygens (including phenoxy) is 1. The molecule has 0 spiro atoms. The summed E-state index contributed by atoms with van der Waals surface area (Å²) in [6.07, 6.45) is 0.207. The summed E-state index contributed by atoms with van der Waals surface area (Å²) in [6.45, 7) is 9.20. The molecule has 0 atom stereocenters. The van der Waals surface area contributed by atoms with E-state index in [9.17, 15) is 0 Å². The van der Waals surface area contributed by atoms with E-state index < -0.39 is 0 Å². The predicted octanol–water partition coefficient (Wildman–Crippen LogP) is 3.73. The molecular formula is C13H20BrNO. The number of rotatable bonds is 5. The lowest BCUT2D eigenvalue weighted by molar-refractivity contribution is 0.239. The van der Waals surface area contributed by atoms with Crippen LogP contribution in [0.1, 0.15) is 33.3 Å². The van der Waals surface area contributed by atoms with Gasteiger partial charge in [0.15, 0.2) is 0 Å². The van der Waals surface area contributed by atoms with Crippen molar-refractivity contribution in [1.82, 2.24) is 5.32 Å². The lowest BCUT2D eigenvalue weighted by Crippen LogP contribution is -2.22. The van der Waals surface area contributed by atoms with E-state index in [1.807, 2.05) is 26.0 Å². The Morgan fingerprint density at radius 3 is 2.50 bits per heavy atom. The van der Waals surface area contributed by atoms with E-state index in [2.05, 4.69) is 41.2 Å². The average Bonchev–Trinajstić information content (AvgIpc) is 2.17. The third-order valence-electron chi connectivity index (χ3n) is 2.09. The molecule has 0 unspecified atom stereocenters. The van der Waals surface area contributed by atoms with Gasteiger partial charge in [0.05, 0.1) is 6.10 Å². The standard InChI is InChI=1S/C13H20BrNO/c1-9(2)15-8-11-7-12(14)5-6-13(11)16-10(3)4/h5-7,9-10,15H,8H2,1-4H3. The molecule has 0 aliphatic carbocycles. The Morgan fingerprint density at radius 2 is 1.94 bits per heavy atom. The molecule has 3 heteroatoms. The van der Waals surface area contributed by atoms with E-state index in [1.165, 1.54) is 5.56 Å². The monoisotopic (exact) mass is 285 g/mol. The van der Waals surface area contributed by atoms with E-state index in [0.717, 1.165) is 16.8 Å². The summed E-state index contributed by atoms with van der Waals surface area (Å²) >= 11 is 3.49. The van der Waals surface area contributed by atoms with E-state index in [1.54, 1.807) is 0 Å². The van der Waals surface area contributed by atoms with Crippen LogP contribution < -0.4 is 10.1 Å². The molecule has 1 aromatic carbocycles. The van der Waals surface area contributed by atoms with Gasteiger partial charge in [-0.2, -0.15) is 0 Å². The maximum Gasteiger partial charge on any atom is 0.124 e. The van der Waals surface area contributed by atoms with Crippen LogP contribution in [0.4, 0.5) is 0 Å². The van der Waals surface area contributed by atoms with Crippen molar-refractivity contribution in [3.63, 3.8) is 0 Å². The first kappa shape index (κ1) is 13.5. The molecule has 1 aromatic rings. The zero-order valence-corrected chi connectivity index (χ0v) is 12.0. The van der Waals surface area contributed by atoms with Crippen molar-refractivity contribution in [2.45, 2.75) is 46.4 Å². The van der Waals surface area contributed by atoms with Gasteiger partial charge < -0.3 is 10.1 Å². The topological polar surface area (TPSA) is 21.3 Å². The summed E-state index contributed by atoms with van der Waals surface area (Å²) in [4.78, 5) is 0. The number of benzene rings is 1. The highest BCUT2D eigenvalue weighted by Crippen LogP contribution is 2.24. The average molecular weight is 286 g/mol. The lowest BCUT2D eigenvalue weighted by atomic mass is 10.2. The minimum Gasteiger partial charge on any atom is -0.491 e. The molecule has 1 N–H and O–H groups in total. The van der Waals surface area contributed by atoms with Gasteiger partial charge in [-0.05, 0) is 32.0 Å². The van der Waals surface area contributed by atoms with Crippen LogP contribution in [0.2, 0.25) is 0 Å². The van der Waals surface area contributed by atoms with Gasteiger partial charge in [-0.1, -0.05) is 29.8 Å². The second-order valence-electron chi connectivity index (χ2n) is 4.45. The molecule has 0 radical (unpaired) electrons. The highest BCUT2D eigenvalue weighted by Gasteiger charge is 2.06. The smallest absolute Gasteiger partial charge is 0.124 e. The van der Waals surface area contributed by atoms with Gasteiger partial charge in [0.1, 0.15) is 5.75 Å². The van der Waals surface area contributed by atoms with Crippen molar-refractivity contribution in [3.8, 4) is 5.75 Å². The number of hydrogen-bond acceptors (Lipinski definition) is 2. The Bertz CT molecular complexity index is 337. The fourth-order valence-corrected chi connectivity index (χ4v) is 1.78. The van der Waals surface area contributed by atoms with Crippen LogP contribution in [0.5, 0.6) is 5.75 Å². The molecule has 0 heterocycles. The Hall–Kier alpha value is -0.540. The molecule has 0 bridgehead atoms. The van der Waals surface area contributed by atoms with E-state index >= 15 is 0 Å². The van der Waals surface area contributed by atoms with E-state index in [-0.39, 0.29) is 6.10 Å². The molecule has 0 aliphatic heterocycles. The molecule has 0 fully saturated rings. The number of halogens is 1. The van der Waals surface area contributed by atoms with Crippen LogP contribution in [-0.2, 0) is 6.54 Å². The van der Waals surface area contributed by atoms with E-state index in [4.69, 9.17) is 4.74 Å². The molecular weight excluding hydrogens is 266 g/mol. The van der Waals surface area contributed by atoms with Crippen LogP contribution in [0.25, 0.3) is 0 Å². The van der Waals surface area contributed by atoms with Crippen molar-refractivity contribution < 1.29 is 4.74 Å².